The molecule has 1 heterocycles. The molecule has 1 aliphatic rings. The minimum Gasteiger partial charge on any atom is -0.481 e. The summed E-state index contributed by atoms with van der Waals surface area (Å²) < 4.78 is 26.9. The van der Waals surface area contributed by atoms with Gasteiger partial charge in [0.05, 0.1) is 10.8 Å². The van der Waals surface area contributed by atoms with Crippen molar-refractivity contribution in [3.8, 4) is 0 Å². The molecule has 2 rings (SSSR count). The number of hydrogen-bond donors (Lipinski definition) is 2. The Labute approximate surface area is 141 Å². The summed E-state index contributed by atoms with van der Waals surface area (Å²) in [6, 6.07) is 5.53. The molecule has 2 N–H and O–H groups in total. The van der Waals surface area contributed by atoms with E-state index in [9.17, 15) is 18.0 Å². The predicted octanol–water partition coefficient (Wildman–Crippen LogP) is 1.31. The lowest BCUT2D eigenvalue weighted by Crippen LogP contribution is -2.32. The van der Waals surface area contributed by atoms with E-state index in [2.05, 4.69) is 4.72 Å². The van der Waals surface area contributed by atoms with Crippen molar-refractivity contribution in [3.63, 3.8) is 0 Å². The molecule has 24 heavy (non-hydrogen) atoms. The number of amides is 1. The van der Waals surface area contributed by atoms with Gasteiger partial charge in [0.1, 0.15) is 0 Å². The summed E-state index contributed by atoms with van der Waals surface area (Å²) in [6.07, 6.45) is 1.11. The average Bonchev–Trinajstić information content (AvgIpc) is 3.04. The van der Waals surface area contributed by atoms with Gasteiger partial charge in [-0.25, -0.2) is 13.1 Å². The fraction of sp³-hybridized carbons (Fsp3) is 0.500. The highest BCUT2D eigenvalue weighted by molar-refractivity contribution is 7.89. The fourth-order valence-electron chi connectivity index (χ4n) is 2.52. The Bertz CT molecular complexity index is 714. The molecule has 0 saturated carbocycles. The number of likely N-dealkylation sites (tertiary alicyclic amines) is 1. The topological polar surface area (TPSA) is 104 Å². The number of nitrogens with zero attached hydrogens (tertiary/aromatic N) is 1. The maximum atomic E-state index is 12.4. The third-order valence-corrected chi connectivity index (χ3v) is 5.81. The number of carboxylic acids is 1. The normalized spacial score (nSPS) is 19.2. The summed E-state index contributed by atoms with van der Waals surface area (Å²) in [5.41, 5.74) is 0.350. The number of carbonyl (C=O) groups excluding carboxylic acids is 1. The summed E-state index contributed by atoms with van der Waals surface area (Å²) in [6.45, 7) is 4.24. The van der Waals surface area contributed by atoms with Crippen molar-refractivity contribution in [2.45, 2.75) is 37.6 Å². The number of aliphatic carboxylic acids is 1. The maximum Gasteiger partial charge on any atom is 0.308 e. The molecular weight excluding hydrogens is 332 g/mol. The van der Waals surface area contributed by atoms with E-state index in [1.807, 2.05) is 6.92 Å². The molecule has 2 atom stereocenters. The minimum atomic E-state index is -3.61. The SMILES string of the molecule is CCC(C)NS(=O)(=O)c1ccc(C(=O)N2CCC(C(=O)O)C2)cc1. The van der Waals surface area contributed by atoms with Gasteiger partial charge in [0.2, 0.25) is 10.0 Å². The lowest BCUT2D eigenvalue weighted by atomic mass is 10.1. The van der Waals surface area contributed by atoms with Gasteiger partial charge in [-0.3, -0.25) is 9.59 Å². The molecule has 0 radical (unpaired) electrons. The zero-order chi connectivity index (χ0) is 17.9. The second-order valence-corrected chi connectivity index (χ2v) is 7.74. The highest BCUT2D eigenvalue weighted by Gasteiger charge is 2.31. The average molecular weight is 354 g/mol. The molecule has 0 aromatic heterocycles. The molecular formula is C16H22N2O5S. The molecule has 0 aliphatic carbocycles. The number of carbonyl (C=O) groups is 2. The number of hydrogen-bond acceptors (Lipinski definition) is 4. The summed E-state index contributed by atoms with van der Waals surface area (Å²) in [4.78, 5) is 24.9. The van der Waals surface area contributed by atoms with Crippen molar-refractivity contribution in [3.05, 3.63) is 29.8 Å². The van der Waals surface area contributed by atoms with E-state index in [1.165, 1.54) is 29.2 Å². The molecule has 0 spiro atoms. The molecule has 1 amide bonds. The van der Waals surface area contributed by atoms with E-state index in [4.69, 9.17) is 5.11 Å². The van der Waals surface area contributed by atoms with Gasteiger partial charge in [-0.2, -0.15) is 0 Å². The lowest BCUT2D eigenvalue weighted by Gasteiger charge is -2.16. The first-order chi connectivity index (χ1) is 11.2. The van der Waals surface area contributed by atoms with Gasteiger partial charge in [0, 0.05) is 24.7 Å². The summed E-state index contributed by atoms with van der Waals surface area (Å²) in [5.74, 6) is -1.71. The first-order valence-electron chi connectivity index (χ1n) is 7.89. The van der Waals surface area contributed by atoms with Gasteiger partial charge in [0.25, 0.3) is 5.91 Å². The van der Waals surface area contributed by atoms with Gasteiger partial charge in [-0.15, -0.1) is 0 Å². The van der Waals surface area contributed by atoms with Crippen LogP contribution in [0.15, 0.2) is 29.2 Å². The van der Waals surface area contributed by atoms with Crippen LogP contribution >= 0.6 is 0 Å². The summed E-state index contributed by atoms with van der Waals surface area (Å²) in [7, 11) is -3.61. The molecule has 1 aliphatic heterocycles. The highest BCUT2D eigenvalue weighted by atomic mass is 32.2. The Morgan fingerprint density at radius 1 is 1.33 bits per heavy atom. The third-order valence-electron chi connectivity index (χ3n) is 4.20. The molecule has 0 bridgehead atoms. The van der Waals surface area contributed by atoms with E-state index in [0.29, 0.717) is 24.9 Å². The van der Waals surface area contributed by atoms with Crippen LogP contribution in [-0.4, -0.2) is 49.4 Å². The number of rotatable bonds is 6. The van der Waals surface area contributed by atoms with Crippen LogP contribution in [0.1, 0.15) is 37.0 Å². The van der Waals surface area contributed by atoms with Crippen LogP contribution in [0.4, 0.5) is 0 Å². The lowest BCUT2D eigenvalue weighted by molar-refractivity contribution is -0.141. The Morgan fingerprint density at radius 2 is 1.96 bits per heavy atom. The van der Waals surface area contributed by atoms with E-state index in [0.717, 1.165) is 0 Å². The molecule has 1 fully saturated rings. The Kier molecular flexibility index (Phi) is 5.61. The van der Waals surface area contributed by atoms with Crippen molar-refractivity contribution in [2.75, 3.05) is 13.1 Å². The molecule has 1 aromatic rings. The van der Waals surface area contributed by atoms with Crippen molar-refractivity contribution in [1.29, 1.82) is 0 Å². The second kappa shape index (κ2) is 7.31. The minimum absolute atomic E-state index is 0.101. The maximum absolute atomic E-state index is 12.4. The molecule has 1 aromatic carbocycles. The number of benzene rings is 1. The van der Waals surface area contributed by atoms with Gasteiger partial charge in [-0.1, -0.05) is 6.92 Å². The zero-order valence-electron chi connectivity index (χ0n) is 13.7. The highest BCUT2D eigenvalue weighted by Crippen LogP contribution is 2.20. The molecule has 2 unspecified atom stereocenters. The Hall–Kier alpha value is -1.93. The third kappa shape index (κ3) is 4.12. The summed E-state index contributed by atoms with van der Waals surface area (Å²) >= 11 is 0. The standard InChI is InChI=1S/C16H22N2O5S/c1-3-11(2)17-24(22,23)14-6-4-12(5-7-14)15(19)18-9-8-13(10-18)16(20)21/h4-7,11,13,17H,3,8-10H2,1-2H3,(H,20,21). The van der Waals surface area contributed by atoms with Crippen LogP contribution in [0.2, 0.25) is 0 Å². The Morgan fingerprint density at radius 3 is 2.46 bits per heavy atom. The van der Waals surface area contributed by atoms with Crippen molar-refractivity contribution >= 4 is 21.9 Å². The van der Waals surface area contributed by atoms with Crippen LogP contribution in [0.5, 0.6) is 0 Å². The van der Waals surface area contributed by atoms with Crippen LogP contribution in [-0.2, 0) is 14.8 Å². The van der Waals surface area contributed by atoms with Gasteiger partial charge >= 0.3 is 5.97 Å². The van der Waals surface area contributed by atoms with Gasteiger partial charge < -0.3 is 10.0 Å². The van der Waals surface area contributed by atoms with E-state index in [1.54, 1.807) is 6.92 Å². The summed E-state index contributed by atoms with van der Waals surface area (Å²) in [5, 5.41) is 8.99. The van der Waals surface area contributed by atoms with Crippen LogP contribution in [0, 0.1) is 5.92 Å². The van der Waals surface area contributed by atoms with Crippen molar-refractivity contribution in [2.24, 2.45) is 5.92 Å². The van der Waals surface area contributed by atoms with Gasteiger partial charge in [0.15, 0.2) is 0 Å². The number of sulfonamides is 1. The molecule has 1 saturated heterocycles. The molecule has 7 nitrogen and oxygen atoms in total. The number of nitrogens with one attached hydrogen (secondary N) is 1. The molecule has 8 heteroatoms. The van der Waals surface area contributed by atoms with Crippen LogP contribution < -0.4 is 4.72 Å². The van der Waals surface area contributed by atoms with E-state index >= 15 is 0 Å². The number of carboxylic acid groups (broad SMARTS) is 1. The Balaban J connectivity index is 2.09. The van der Waals surface area contributed by atoms with Crippen molar-refractivity contribution in [1.82, 2.24) is 9.62 Å². The first kappa shape index (κ1) is 18.4. The van der Waals surface area contributed by atoms with Crippen LogP contribution in [0.25, 0.3) is 0 Å². The van der Waals surface area contributed by atoms with E-state index < -0.39 is 21.9 Å². The van der Waals surface area contributed by atoms with Crippen LogP contribution in [0.3, 0.4) is 0 Å². The predicted molar refractivity (Wildman–Crippen MR) is 88.2 cm³/mol. The first-order valence-corrected chi connectivity index (χ1v) is 9.37. The monoisotopic (exact) mass is 354 g/mol. The second-order valence-electron chi connectivity index (χ2n) is 6.03. The quantitative estimate of drug-likeness (QED) is 0.802. The molecule has 132 valence electrons. The van der Waals surface area contributed by atoms with Gasteiger partial charge in [-0.05, 0) is 44.0 Å². The van der Waals surface area contributed by atoms with E-state index in [-0.39, 0.29) is 23.4 Å². The smallest absolute Gasteiger partial charge is 0.308 e. The fourth-order valence-corrected chi connectivity index (χ4v) is 3.85. The van der Waals surface area contributed by atoms with Crippen molar-refractivity contribution < 1.29 is 23.1 Å². The zero-order valence-corrected chi connectivity index (χ0v) is 14.5. The largest absolute Gasteiger partial charge is 0.481 e.